The van der Waals surface area contributed by atoms with Gasteiger partial charge in [-0.2, -0.15) is 5.10 Å². The molecular formula is C15H22N4. The van der Waals surface area contributed by atoms with Crippen LogP contribution >= 0.6 is 0 Å². The number of hydrogen-bond donors (Lipinski definition) is 1. The van der Waals surface area contributed by atoms with Crippen LogP contribution < -0.4 is 5.32 Å². The zero-order valence-corrected chi connectivity index (χ0v) is 12.4. The van der Waals surface area contributed by atoms with Crippen molar-refractivity contribution < 1.29 is 0 Å². The Morgan fingerprint density at radius 2 is 1.74 bits per heavy atom. The van der Waals surface area contributed by atoms with E-state index in [0.717, 1.165) is 11.5 Å². The van der Waals surface area contributed by atoms with Gasteiger partial charge in [0.2, 0.25) is 0 Å². The third-order valence-corrected chi connectivity index (χ3v) is 2.85. The van der Waals surface area contributed by atoms with Gasteiger partial charge in [-0.05, 0) is 57.9 Å². The Hall–Kier alpha value is -1.68. The molecule has 2 rings (SSSR count). The van der Waals surface area contributed by atoms with Crippen molar-refractivity contribution in [2.24, 2.45) is 0 Å². The first kappa shape index (κ1) is 13.7. The predicted molar refractivity (Wildman–Crippen MR) is 77.4 cm³/mol. The maximum Gasteiger partial charge on any atom is 0.146 e. The van der Waals surface area contributed by atoms with E-state index < -0.39 is 0 Å². The Morgan fingerprint density at radius 1 is 1.11 bits per heavy atom. The van der Waals surface area contributed by atoms with Crippen LogP contribution in [0, 0.1) is 13.8 Å². The smallest absolute Gasteiger partial charge is 0.146 e. The van der Waals surface area contributed by atoms with Crippen LogP contribution in [0.25, 0.3) is 5.69 Å². The van der Waals surface area contributed by atoms with Crippen LogP contribution in [0.2, 0.25) is 0 Å². The Bertz CT molecular complexity index is 544. The normalized spacial score (nSPS) is 11.8. The highest BCUT2D eigenvalue weighted by molar-refractivity contribution is 5.39. The fourth-order valence-corrected chi connectivity index (χ4v) is 2.02. The topological polar surface area (TPSA) is 42.7 Å². The molecule has 1 aromatic heterocycles. The van der Waals surface area contributed by atoms with E-state index in [0.29, 0.717) is 6.54 Å². The van der Waals surface area contributed by atoms with Gasteiger partial charge >= 0.3 is 0 Å². The summed E-state index contributed by atoms with van der Waals surface area (Å²) in [4.78, 5) is 4.34. The van der Waals surface area contributed by atoms with Crippen LogP contribution in [0.4, 0.5) is 0 Å². The fraction of sp³-hybridized carbons (Fsp3) is 0.467. The summed E-state index contributed by atoms with van der Waals surface area (Å²) in [5, 5.41) is 7.78. The number of nitrogens with one attached hydrogen (secondary N) is 1. The van der Waals surface area contributed by atoms with Crippen molar-refractivity contribution in [1.29, 1.82) is 0 Å². The molecule has 0 spiro atoms. The van der Waals surface area contributed by atoms with Gasteiger partial charge in [-0.1, -0.05) is 6.07 Å². The van der Waals surface area contributed by atoms with Crippen LogP contribution in [0.1, 0.15) is 37.7 Å². The van der Waals surface area contributed by atoms with Crippen LogP contribution in [0.15, 0.2) is 24.5 Å². The zero-order valence-electron chi connectivity index (χ0n) is 12.4. The first-order valence-corrected chi connectivity index (χ1v) is 6.58. The van der Waals surface area contributed by atoms with Crippen molar-refractivity contribution in [2.45, 2.75) is 46.7 Å². The highest BCUT2D eigenvalue weighted by Crippen LogP contribution is 2.14. The van der Waals surface area contributed by atoms with Crippen molar-refractivity contribution in [3.63, 3.8) is 0 Å². The molecular weight excluding hydrogens is 236 g/mol. The van der Waals surface area contributed by atoms with Gasteiger partial charge in [-0.25, -0.2) is 9.67 Å². The first-order valence-electron chi connectivity index (χ1n) is 6.58. The molecule has 0 saturated heterocycles. The lowest BCUT2D eigenvalue weighted by Crippen LogP contribution is -2.35. The van der Waals surface area contributed by atoms with Crippen molar-refractivity contribution in [3.8, 4) is 5.69 Å². The summed E-state index contributed by atoms with van der Waals surface area (Å²) in [7, 11) is 0. The molecule has 102 valence electrons. The van der Waals surface area contributed by atoms with E-state index >= 15 is 0 Å². The van der Waals surface area contributed by atoms with Gasteiger partial charge in [0, 0.05) is 5.54 Å². The van der Waals surface area contributed by atoms with E-state index in [2.05, 4.69) is 68.2 Å². The Balaban J connectivity index is 2.28. The third kappa shape index (κ3) is 3.64. The average Bonchev–Trinajstić information content (AvgIpc) is 2.72. The second kappa shape index (κ2) is 5.13. The van der Waals surface area contributed by atoms with Gasteiger partial charge in [-0.15, -0.1) is 0 Å². The summed E-state index contributed by atoms with van der Waals surface area (Å²) in [5.41, 5.74) is 3.61. The van der Waals surface area contributed by atoms with Gasteiger partial charge in [0.25, 0.3) is 0 Å². The molecule has 1 heterocycles. The second-order valence-corrected chi connectivity index (χ2v) is 6.04. The minimum Gasteiger partial charge on any atom is -0.305 e. The van der Waals surface area contributed by atoms with E-state index in [1.165, 1.54) is 11.1 Å². The highest BCUT2D eigenvalue weighted by Gasteiger charge is 2.12. The van der Waals surface area contributed by atoms with E-state index in [4.69, 9.17) is 0 Å². The molecule has 1 N–H and O–H groups in total. The molecule has 1 aromatic carbocycles. The lowest BCUT2D eigenvalue weighted by molar-refractivity contribution is 0.415. The van der Waals surface area contributed by atoms with Gasteiger partial charge in [-0.3, -0.25) is 0 Å². The number of aromatic nitrogens is 3. The number of aryl methyl sites for hydroxylation is 2. The van der Waals surface area contributed by atoms with E-state index in [9.17, 15) is 0 Å². The number of benzene rings is 1. The van der Waals surface area contributed by atoms with E-state index in [1.807, 2.05) is 4.68 Å². The molecule has 0 amide bonds. The minimum atomic E-state index is 0.0688. The summed E-state index contributed by atoms with van der Waals surface area (Å²) in [6.07, 6.45) is 1.61. The lowest BCUT2D eigenvalue weighted by atomic mass is 10.1. The van der Waals surface area contributed by atoms with Gasteiger partial charge in [0.15, 0.2) is 0 Å². The quantitative estimate of drug-likeness (QED) is 0.920. The van der Waals surface area contributed by atoms with Crippen LogP contribution in [-0.4, -0.2) is 20.3 Å². The van der Waals surface area contributed by atoms with Crippen LogP contribution in [0.5, 0.6) is 0 Å². The SMILES string of the molecule is Cc1cc(C)cc(-n2ncnc2CNC(C)(C)C)c1. The molecule has 0 aliphatic rings. The standard InChI is InChI=1S/C15H22N4/c1-11-6-12(2)8-13(7-11)19-14(16-10-18-19)9-17-15(3,4)5/h6-8,10,17H,9H2,1-5H3. The molecule has 4 heteroatoms. The molecule has 0 aliphatic carbocycles. The maximum atomic E-state index is 4.34. The van der Waals surface area contributed by atoms with E-state index in [-0.39, 0.29) is 5.54 Å². The van der Waals surface area contributed by atoms with Crippen molar-refractivity contribution in [3.05, 3.63) is 41.5 Å². The molecule has 19 heavy (non-hydrogen) atoms. The summed E-state index contributed by atoms with van der Waals surface area (Å²) < 4.78 is 1.90. The number of nitrogens with zero attached hydrogens (tertiary/aromatic N) is 3. The highest BCUT2D eigenvalue weighted by atomic mass is 15.3. The van der Waals surface area contributed by atoms with Gasteiger partial charge in [0.05, 0.1) is 12.2 Å². The maximum absolute atomic E-state index is 4.34. The third-order valence-electron chi connectivity index (χ3n) is 2.85. The Morgan fingerprint density at radius 3 is 2.32 bits per heavy atom. The molecule has 4 nitrogen and oxygen atoms in total. The summed E-state index contributed by atoms with van der Waals surface area (Å²) in [5.74, 6) is 0.930. The molecule has 0 saturated carbocycles. The zero-order chi connectivity index (χ0) is 14.0. The Labute approximate surface area is 114 Å². The Kier molecular flexibility index (Phi) is 3.71. The van der Waals surface area contributed by atoms with Crippen molar-refractivity contribution >= 4 is 0 Å². The summed E-state index contributed by atoms with van der Waals surface area (Å²) in [6.45, 7) is 11.3. The molecule has 0 atom stereocenters. The minimum absolute atomic E-state index is 0.0688. The fourth-order valence-electron chi connectivity index (χ4n) is 2.02. The molecule has 0 unspecified atom stereocenters. The second-order valence-electron chi connectivity index (χ2n) is 6.04. The lowest BCUT2D eigenvalue weighted by Gasteiger charge is -2.20. The largest absolute Gasteiger partial charge is 0.305 e. The number of hydrogen-bond acceptors (Lipinski definition) is 3. The molecule has 2 aromatic rings. The molecule has 0 bridgehead atoms. The average molecular weight is 258 g/mol. The van der Waals surface area contributed by atoms with Crippen LogP contribution in [-0.2, 0) is 6.54 Å². The number of rotatable bonds is 3. The first-order chi connectivity index (χ1) is 8.85. The van der Waals surface area contributed by atoms with E-state index in [1.54, 1.807) is 6.33 Å². The molecule has 0 radical (unpaired) electrons. The van der Waals surface area contributed by atoms with Crippen molar-refractivity contribution in [2.75, 3.05) is 0 Å². The molecule has 0 aliphatic heterocycles. The predicted octanol–water partition coefficient (Wildman–Crippen LogP) is 2.77. The monoisotopic (exact) mass is 258 g/mol. The van der Waals surface area contributed by atoms with Gasteiger partial charge < -0.3 is 5.32 Å². The van der Waals surface area contributed by atoms with Crippen molar-refractivity contribution in [1.82, 2.24) is 20.1 Å². The molecule has 0 fully saturated rings. The summed E-state index contributed by atoms with van der Waals surface area (Å²) in [6, 6.07) is 6.41. The summed E-state index contributed by atoms with van der Waals surface area (Å²) >= 11 is 0. The van der Waals surface area contributed by atoms with Crippen LogP contribution in [0.3, 0.4) is 0 Å². The van der Waals surface area contributed by atoms with Gasteiger partial charge in [0.1, 0.15) is 12.2 Å².